The van der Waals surface area contributed by atoms with Gasteiger partial charge in [-0.1, -0.05) is 13.8 Å². The first kappa shape index (κ1) is 23.9. The molecule has 28 heavy (non-hydrogen) atoms. The average Bonchev–Trinajstić information content (AvgIpc) is 2.60. The molecular weight excluding hydrogens is 382 g/mol. The van der Waals surface area contributed by atoms with Crippen molar-refractivity contribution in [3.8, 4) is 5.75 Å². The number of sulfonamides is 1. The molecule has 0 heterocycles. The normalized spacial score (nSPS) is 13.1. The predicted octanol–water partition coefficient (Wildman–Crippen LogP) is 1.76. The number of nitrogens with zero attached hydrogens (tertiary/aromatic N) is 1. The first-order valence-corrected chi connectivity index (χ1v) is 10.6. The number of rotatable bonds is 8. The van der Waals surface area contributed by atoms with Gasteiger partial charge in [0.2, 0.25) is 15.9 Å². The predicted molar refractivity (Wildman–Crippen MR) is 108 cm³/mol. The molecule has 1 atom stereocenters. The molecule has 158 valence electrons. The molecule has 0 fully saturated rings. The lowest BCUT2D eigenvalue weighted by Crippen LogP contribution is -2.50. The molecule has 8 nitrogen and oxygen atoms in total. The molecule has 0 aliphatic rings. The van der Waals surface area contributed by atoms with Gasteiger partial charge in [0.25, 0.3) is 5.91 Å². The fourth-order valence-electron chi connectivity index (χ4n) is 2.56. The van der Waals surface area contributed by atoms with E-state index >= 15 is 0 Å². The van der Waals surface area contributed by atoms with Crippen LogP contribution in [0.2, 0.25) is 0 Å². The summed E-state index contributed by atoms with van der Waals surface area (Å²) in [4.78, 5) is 24.9. The third-order valence-corrected chi connectivity index (χ3v) is 6.04. The number of hydrogen-bond donors (Lipinski definition) is 2. The number of hydrogen-bond acceptors (Lipinski definition) is 5. The number of amides is 2. The molecule has 0 aliphatic carbocycles. The maximum absolute atomic E-state index is 12.7. The average molecular weight is 414 g/mol. The van der Waals surface area contributed by atoms with Gasteiger partial charge in [0.15, 0.2) is 0 Å². The maximum Gasteiger partial charge on any atom is 0.255 e. The highest BCUT2D eigenvalue weighted by Gasteiger charge is 2.26. The highest BCUT2D eigenvalue weighted by molar-refractivity contribution is 7.89. The summed E-state index contributed by atoms with van der Waals surface area (Å²) in [6.45, 7) is 11.2. The number of nitrogens with one attached hydrogen (secondary N) is 2. The van der Waals surface area contributed by atoms with Gasteiger partial charge in [-0.3, -0.25) is 9.59 Å². The first-order chi connectivity index (χ1) is 12.9. The van der Waals surface area contributed by atoms with Crippen molar-refractivity contribution in [3.63, 3.8) is 0 Å². The molecule has 1 aromatic carbocycles. The first-order valence-electron chi connectivity index (χ1n) is 9.18. The highest BCUT2D eigenvalue weighted by Crippen LogP contribution is 2.24. The van der Waals surface area contributed by atoms with Crippen molar-refractivity contribution < 1.29 is 22.7 Å². The van der Waals surface area contributed by atoms with Gasteiger partial charge >= 0.3 is 0 Å². The molecule has 2 N–H and O–H groups in total. The molecule has 0 aromatic heterocycles. The Morgan fingerprint density at radius 1 is 1.18 bits per heavy atom. The summed E-state index contributed by atoms with van der Waals surface area (Å²) in [5.41, 5.74) is -0.392. The van der Waals surface area contributed by atoms with E-state index in [-0.39, 0.29) is 22.1 Å². The van der Waals surface area contributed by atoms with Crippen LogP contribution in [-0.2, 0) is 14.8 Å². The molecule has 2 amide bonds. The van der Waals surface area contributed by atoms with E-state index in [0.29, 0.717) is 13.1 Å². The van der Waals surface area contributed by atoms with Gasteiger partial charge < -0.3 is 15.4 Å². The van der Waals surface area contributed by atoms with Crippen LogP contribution >= 0.6 is 0 Å². The van der Waals surface area contributed by atoms with Crippen molar-refractivity contribution in [1.82, 2.24) is 14.9 Å². The van der Waals surface area contributed by atoms with E-state index < -0.39 is 27.5 Å². The third kappa shape index (κ3) is 5.93. The lowest BCUT2D eigenvalue weighted by Gasteiger charge is -2.24. The smallest absolute Gasteiger partial charge is 0.255 e. The van der Waals surface area contributed by atoms with Crippen molar-refractivity contribution >= 4 is 21.8 Å². The van der Waals surface area contributed by atoms with E-state index in [1.165, 1.54) is 29.6 Å². The minimum atomic E-state index is -3.73. The third-order valence-electron chi connectivity index (χ3n) is 4.00. The summed E-state index contributed by atoms with van der Waals surface area (Å²) in [6, 6.07) is 3.31. The molecule has 1 rings (SSSR count). The van der Waals surface area contributed by atoms with Gasteiger partial charge in [0, 0.05) is 18.6 Å². The second-order valence-electron chi connectivity index (χ2n) is 7.39. The van der Waals surface area contributed by atoms with Gasteiger partial charge in [-0.2, -0.15) is 4.31 Å². The van der Waals surface area contributed by atoms with Crippen LogP contribution in [0, 0.1) is 0 Å². The zero-order valence-corrected chi connectivity index (χ0v) is 18.4. The standard InChI is InChI=1S/C19H31N3O5S/c1-8-22(9-2)28(25,26)14-10-11-16(27-7)15(12-14)18(24)20-13(3)17(23)21-19(4,5)6/h10-13H,8-9H2,1-7H3,(H,20,24)(H,21,23). The summed E-state index contributed by atoms with van der Waals surface area (Å²) in [6.07, 6.45) is 0. The summed E-state index contributed by atoms with van der Waals surface area (Å²) in [5.74, 6) is -0.712. The number of ether oxygens (including phenoxy) is 1. The molecule has 0 saturated carbocycles. The Morgan fingerprint density at radius 3 is 2.21 bits per heavy atom. The zero-order chi connectivity index (χ0) is 21.7. The fourth-order valence-corrected chi connectivity index (χ4v) is 4.04. The Kier molecular flexibility index (Phi) is 8.01. The van der Waals surface area contributed by atoms with E-state index in [0.717, 1.165) is 0 Å². The molecule has 0 spiro atoms. The minimum absolute atomic E-state index is 0.00561. The fraction of sp³-hybridized carbons (Fsp3) is 0.579. The molecule has 0 bridgehead atoms. The van der Waals surface area contributed by atoms with E-state index in [2.05, 4.69) is 10.6 Å². The topological polar surface area (TPSA) is 105 Å². The van der Waals surface area contributed by atoms with Crippen molar-refractivity contribution in [3.05, 3.63) is 23.8 Å². The van der Waals surface area contributed by atoms with Gasteiger partial charge in [0.05, 0.1) is 17.6 Å². The summed E-state index contributed by atoms with van der Waals surface area (Å²) in [7, 11) is -2.34. The number of methoxy groups -OCH3 is 1. The van der Waals surface area contributed by atoms with E-state index in [1.807, 2.05) is 20.8 Å². The van der Waals surface area contributed by atoms with Crippen LogP contribution in [0.15, 0.2) is 23.1 Å². The number of carbonyl (C=O) groups is 2. The summed E-state index contributed by atoms with van der Waals surface area (Å²) >= 11 is 0. The Morgan fingerprint density at radius 2 is 1.75 bits per heavy atom. The molecule has 0 aliphatic heterocycles. The van der Waals surface area contributed by atoms with E-state index in [1.54, 1.807) is 20.8 Å². The highest BCUT2D eigenvalue weighted by atomic mass is 32.2. The Labute approximate surface area is 167 Å². The monoisotopic (exact) mass is 413 g/mol. The lowest BCUT2D eigenvalue weighted by molar-refractivity contribution is -0.124. The van der Waals surface area contributed by atoms with E-state index in [9.17, 15) is 18.0 Å². The van der Waals surface area contributed by atoms with Crippen LogP contribution in [0.1, 0.15) is 51.9 Å². The van der Waals surface area contributed by atoms with Crippen LogP contribution < -0.4 is 15.4 Å². The van der Waals surface area contributed by atoms with Crippen molar-refractivity contribution in [2.45, 2.75) is 58.0 Å². The lowest BCUT2D eigenvalue weighted by atomic mass is 10.1. The quantitative estimate of drug-likeness (QED) is 0.676. The van der Waals surface area contributed by atoms with Crippen LogP contribution in [0.3, 0.4) is 0 Å². The number of benzene rings is 1. The Hall–Kier alpha value is -2.13. The SMILES string of the molecule is CCN(CC)S(=O)(=O)c1ccc(OC)c(C(=O)NC(C)C(=O)NC(C)(C)C)c1. The Bertz CT molecular complexity index is 811. The van der Waals surface area contributed by atoms with Crippen LogP contribution in [0.4, 0.5) is 0 Å². The van der Waals surface area contributed by atoms with Crippen molar-refractivity contribution in [2.24, 2.45) is 0 Å². The van der Waals surface area contributed by atoms with Crippen molar-refractivity contribution in [1.29, 1.82) is 0 Å². The molecular formula is C19H31N3O5S. The van der Waals surface area contributed by atoms with Gasteiger partial charge in [-0.15, -0.1) is 0 Å². The molecule has 1 aromatic rings. The van der Waals surface area contributed by atoms with Gasteiger partial charge in [-0.25, -0.2) is 8.42 Å². The number of carbonyl (C=O) groups excluding carboxylic acids is 2. The van der Waals surface area contributed by atoms with Crippen molar-refractivity contribution in [2.75, 3.05) is 20.2 Å². The van der Waals surface area contributed by atoms with Gasteiger partial charge in [0.1, 0.15) is 11.8 Å². The van der Waals surface area contributed by atoms with Crippen LogP contribution in [0.5, 0.6) is 5.75 Å². The van der Waals surface area contributed by atoms with Gasteiger partial charge in [-0.05, 0) is 45.9 Å². The summed E-state index contributed by atoms with van der Waals surface area (Å²) < 4.78 is 32.0. The van der Waals surface area contributed by atoms with E-state index in [4.69, 9.17) is 4.74 Å². The zero-order valence-electron chi connectivity index (χ0n) is 17.6. The Balaban J connectivity index is 3.18. The second-order valence-corrected chi connectivity index (χ2v) is 9.32. The second kappa shape index (κ2) is 9.38. The largest absolute Gasteiger partial charge is 0.496 e. The maximum atomic E-state index is 12.7. The van der Waals surface area contributed by atoms with Crippen LogP contribution in [0.25, 0.3) is 0 Å². The van der Waals surface area contributed by atoms with Crippen LogP contribution in [-0.4, -0.2) is 56.3 Å². The molecule has 9 heteroatoms. The minimum Gasteiger partial charge on any atom is -0.496 e. The summed E-state index contributed by atoms with van der Waals surface area (Å²) in [5, 5.41) is 5.37. The molecule has 0 radical (unpaired) electrons. The molecule has 0 saturated heterocycles. The molecule has 1 unspecified atom stereocenters.